The summed E-state index contributed by atoms with van der Waals surface area (Å²) >= 11 is 0. The highest BCUT2D eigenvalue weighted by Gasteiger charge is 2.10. The van der Waals surface area contributed by atoms with Crippen LogP contribution in [0.2, 0.25) is 0 Å². The Labute approximate surface area is 143 Å². The smallest absolute Gasteiger partial charge is 0.270 e. The molecule has 1 amide bonds. The van der Waals surface area contributed by atoms with Crippen LogP contribution in [0.4, 0.5) is 5.95 Å². The monoisotopic (exact) mass is 326 g/mol. The van der Waals surface area contributed by atoms with Gasteiger partial charge in [-0.05, 0) is 31.9 Å². The molecule has 0 radical (unpaired) electrons. The quantitative estimate of drug-likeness (QED) is 0.727. The van der Waals surface area contributed by atoms with Gasteiger partial charge in [-0.15, -0.1) is 0 Å². The second kappa shape index (κ2) is 9.01. The van der Waals surface area contributed by atoms with Crippen molar-refractivity contribution in [3.8, 4) is 0 Å². The van der Waals surface area contributed by atoms with Crippen molar-refractivity contribution in [1.82, 2.24) is 15.3 Å². The maximum atomic E-state index is 12.2. The summed E-state index contributed by atoms with van der Waals surface area (Å²) in [6, 6.07) is 9.97. The fourth-order valence-electron chi connectivity index (χ4n) is 2.43. The molecule has 2 N–H and O–H groups in total. The van der Waals surface area contributed by atoms with Crippen LogP contribution in [0.3, 0.4) is 0 Å². The number of carbonyl (C=O) groups excluding carboxylic acids is 1. The van der Waals surface area contributed by atoms with Crippen LogP contribution in [0, 0.1) is 13.8 Å². The van der Waals surface area contributed by atoms with Crippen molar-refractivity contribution in [1.29, 1.82) is 0 Å². The number of nitrogens with zero attached hydrogens (tertiary/aromatic N) is 2. The van der Waals surface area contributed by atoms with Gasteiger partial charge in [-0.1, -0.05) is 49.6 Å². The van der Waals surface area contributed by atoms with Crippen LogP contribution in [-0.2, 0) is 6.54 Å². The Morgan fingerprint density at radius 1 is 1.12 bits per heavy atom. The van der Waals surface area contributed by atoms with E-state index >= 15 is 0 Å². The lowest BCUT2D eigenvalue weighted by Crippen LogP contribution is -2.26. The summed E-state index contributed by atoms with van der Waals surface area (Å²) in [4.78, 5) is 20.9. The van der Waals surface area contributed by atoms with Gasteiger partial charge in [0.15, 0.2) is 0 Å². The number of hydrogen-bond donors (Lipinski definition) is 2. The number of benzene rings is 1. The van der Waals surface area contributed by atoms with E-state index in [0.29, 0.717) is 24.7 Å². The van der Waals surface area contributed by atoms with Crippen molar-refractivity contribution < 1.29 is 4.79 Å². The maximum Gasteiger partial charge on any atom is 0.270 e. The molecule has 0 atom stereocenters. The summed E-state index contributed by atoms with van der Waals surface area (Å²) < 4.78 is 0. The Morgan fingerprint density at radius 2 is 1.96 bits per heavy atom. The standard InChI is InChI=1S/C19H26N4O/c1-4-5-6-10-20-18(24)17-12-15(3)22-19(23-17)21-13-16-9-7-8-14(2)11-16/h7-9,11-12H,4-6,10,13H2,1-3H3,(H,20,24)(H,21,22,23). The van der Waals surface area contributed by atoms with Crippen LogP contribution < -0.4 is 10.6 Å². The Bertz CT molecular complexity index is 685. The summed E-state index contributed by atoms with van der Waals surface area (Å²) in [5, 5.41) is 6.11. The minimum atomic E-state index is -0.143. The van der Waals surface area contributed by atoms with Gasteiger partial charge in [0, 0.05) is 18.8 Å². The van der Waals surface area contributed by atoms with E-state index < -0.39 is 0 Å². The van der Waals surface area contributed by atoms with Gasteiger partial charge in [-0.2, -0.15) is 0 Å². The number of aryl methyl sites for hydroxylation is 2. The van der Waals surface area contributed by atoms with E-state index in [9.17, 15) is 4.79 Å². The van der Waals surface area contributed by atoms with Crippen LogP contribution in [-0.4, -0.2) is 22.4 Å². The number of unbranched alkanes of at least 4 members (excludes halogenated alkanes) is 2. The van der Waals surface area contributed by atoms with Crippen molar-refractivity contribution in [3.63, 3.8) is 0 Å². The van der Waals surface area contributed by atoms with Gasteiger partial charge in [0.1, 0.15) is 5.69 Å². The first-order valence-electron chi connectivity index (χ1n) is 8.52. The van der Waals surface area contributed by atoms with Crippen molar-refractivity contribution >= 4 is 11.9 Å². The Kier molecular flexibility index (Phi) is 6.73. The molecule has 2 rings (SSSR count). The minimum Gasteiger partial charge on any atom is -0.351 e. The van der Waals surface area contributed by atoms with E-state index in [0.717, 1.165) is 30.5 Å². The third-order valence-corrected chi connectivity index (χ3v) is 3.69. The number of anilines is 1. The van der Waals surface area contributed by atoms with Gasteiger partial charge >= 0.3 is 0 Å². The molecule has 0 aliphatic carbocycles. The molecule has 1 aromatic heterocycles. The topological polar surface area (TPSA) is 66.9 Å². The van der Waals surface area contributed by atoms with Gasteiger partial charge in [0.25, 0.3) is 5.91 Å². The second-order valence-corrected chi connectivity index (χ2v) is 6.02. The van der Waals surface area contributed by atoms with Crippen molar-refractivity contribution in [2.75, 3.05) is 11.9 Å². The van der Waals surface area contributed by atoms with E-state index in [1.54, 1.807) is 6.07 Å². The Balaban J connectivity index is 1.98. The van der Waals surface area contributed by atoms with Crippen LogP contribution in [0.5, 0.6) is 0 Å². The van der Waals surface area contributed by atoms with Gasteiger partial charge < -0.3 is 10.6 Å². The first-order chi connectivity index (χ1) is 11.6. The lowest BCUT2D eigenvalue weighted by atomic mass is 10.1. The van der Waals surface area contributed by atoms with Crippen LogP contribution in [0.1, 0.15) is 53.5 Å². The molecule has 5 nitrogen and oxygen atoms in total. The molecule has 128 valence electrons. The average Bonchev–Trinajstić information content (AvgIpc) is 2.56. The summed E-state index contributed by atoms with van der Waals surface area (Å²) in [6.45, 7) is 7.38. The molecular weight excluding hydrogens is 300 g/mol. The lowest BCUT2D eigenvalue weighted by molar-refractivity contribution is 0.0948. The van der Waals surface area contributed by atoms with E-state index in [4.69, 9.17) is 0 Å². The van der Waals surface area contributed by atoms with Crippen LogP contribution in [0.15, 0.2) is 30.3 Å². The fraction of sp³-hybridized carbons (Fsp3) is 0.421. The second-order valence-electron chi connectivity index (χ2n) is 6.02. The molecule has 5 heteroatoms. The summed E-state index contributed by atoms with van der Waals surface area (Å²) in [5.74, 6) is 0.338. The molecule has 0 aliphatic rings. The normalized spacial score (nSPS) is 10.5. The molecular formula is C19H26N4O. The highest BCUT2D eigenvalue weighted by molar-refractivity contribution is 5.92. The summed E-state index contributed by atoms with van der Waals surface area (Å²) in [7, 11) is 0. The molecule has 2 aromatic rings. The van der Waals surface area contributed by atoms with Crippen molar-refractivity contribution in [2.45, 2.75) is 46.6 Å². The van der Waals surface area contributed by atoms with Gasteiger partial charge in [0.2, 0.25) is 5.95 Å². The average molecular weight is 326 g/mol. The van der Waals surface area contributed by atoms with E-state index in [-0.39, 0.29) is 5.91 Å². The number of amides is 1. The summed E-state index contributed by atoms with van der Waals surface area (Å²) in [5.41, 5.74) is 3.55. The highest BCUT2D eigenvalue weighted by atomic mass is 16.1. The number of rotatable bonds is 8. The minimum absolute atomic E-state index is 0.143. The zero-order valence-corrected chi connectivity index (χ0v) is 14.7. The zero-order valence-electron chi connectivity index (χ0n) is 14.7. The third kappa shape index (κ3) is 5.65. The van der Waals surface area contributed by atoms with Gasteiger partial charge in [-0.3, -0.25) is 4.79 Å². The maximum absolute atomic E-state index is 12.2. The number of hydrogen-bond acceptors (Lipinski definition) is 4. The zero-order chi connectivity index (χ0) is 17.4. The van der Waals surface area contributed by atoms with E-state index in [1.807, 2.05) is 13.0 Å². The van der Waals surface area contributed by atoms with Crippen LogP contribution in [0.25, 0.3) is 0 Å². The number of nitrogens with one attached hydrogen (secondary N) is 2. The summed E-state index contributed by atoms with van der Waals surface area (Å²) in [6.07, 6.45) is 3.24. The van der Waals surface area contributed by atoms with Gasteiger partial charge in [0.05, 0.1) is 0 Å². The highest BCUT2D eigenvalue weighted by Crippen LogP contribution is 2.09. The molecule has 0 saturated heterocycles. The number of carbonyl (C=O) groups is 1. The van der Waals surface area contributed by atoms with Crippen molar-refractivity contribution in [2.24, 2.45) is 0 Å². The molecule has 0 fully saturated rings. The molecule has 1 heterocycles. The Hall–Kier alpha value is -2.43. The molecule has 0 spiro atoms. The van der Waals surface area contributed by atoms with E-state index in [2.05, 4.69) is 52.6 Å². The third-order valence-electron chi connectivity index (χ3n) is 3.69. The SMILES string of the molecule is CCCCCNC(=O)c1cc(C)nc(NCc2cccc(C)c2)n1. The van der Waals surface area contributed by atoms with E-state index in [1.165, 1.54) is 5.56 Å². The number of aromatic nitrogens is 2. The molecule has 0 bridgehead atoms. The predicted molar refractivity (Wildman–Crippen MR) is 97.1 cm³/mol. The lowest BCUT2D eigenvalue weighted by Gasteiger charge is -2.09. The first-order valence-corrected chi connectivity index (χ1v) is 8.52. The van der Waals surface area contributed by atoms with Crippen molar-refractivity contribution in [3.05, 3.63) is 52.8 Å². The molecule has 0 saturated carbocycles. The van der Waals surface area contributed by atoms with Gasteiger partial charge in [-0.25, -0.2) is 9.97 Å². The predicted octanol–water partition coefficient (Wildman–Crippen LogP) is 3.63. The molecule has 1 aromatic carbocycles. The molecule has 24 heavy (non-hydrogen) atoms. The molecule has 0 aliphatic heterocycles. The first kappa shape index (κ1) is 17.9. The largest absolute Gasteiger partial charge is 0.351 e. The fourth-order valence-corrected chi connectivity index (χ4v) is 2.43. The molecule has 0 unspecified atom stereocenters. The Morgan fingerprint density at radius 3 is 2.71 bits per heavy atom. The van der Waals surface area contributed by atoms with Crippen LogP contribution >= 0.6 is 0 Å².